The van der Waals surface area contributed by atoms with Gasteiger partial charge in [-0.1, -0.05) is 27.2 Å². The van der Waals surface area contributed by atoms with Crippen LogP contribution in [0.3, 0.4) is 0 Å². The predicted octanol–water partition coefficient (Wildman–Crippen LogP) is 1.89. The lowest BCUT2D eigenvalue weighted by molar-refractivity contribution is 0.165. The zero-order valence-corrected chi connectivity index (χ0v) is 13.3. The van der Waals surface area contributed by atoms with E-state index in [-0.39, 0.29) is 0 Å². The molecule has 0 radical (unpaired) electrons. The molecule has 1 heterocycles. The van der Waals surface area contributed by atoms with Gasteiger partial charge in [0.05, 0.1) is 0 Å². The van der Waals surface area contributed by atoms with Gasteiger partial charge in [0.15, 0.2) is 0 Å². The van der Waals surface area contributed by atoms with Gasteiger partial charge in [-0.3, -0.25) is 0 Å². The van der Waals surface area contributed by atoms with Crippen LogP contribution in [0.25, 0.3) is 0 Å². The Morgan fingerprint density at radius 1 is 1.33 bits per heavy atom. The van der Waals surface area contributed by atoms with E-state index in [4.69, 9.17) is 0 Å². The maximum atomic E-state index is 3.38. The standard InChI is InChI=1S/C15H33N3/c1-7-8-15(3,11-16-4)12-18-9-13(2)14(10-18)17(5)6/h13-14,16H,7-12H2,1-6H3. The minimum atomic E-state index is 0.421. The van der Waals surface area contributed by atoms with Crippen molar-refractivity contribution < 1.29 is 0 Å². The number of likely N-dealkylation sites (N-methyl/N-ethyl adjacent to an activating group) is 1. The third-order valence-corrected chi connectivity index (χ3v) is 4.37. The number of likely N-dealkylation sites (tertiary alicyclic amines) is 1. The molecule has 0 aromatic rings. The molecule has 0 saturated carbocycles. The highest BCUT2D eigenvalue weighted by atomic mass is 15.2. The summed E-state index contributed by atoms with van der Waals surface area (Å²) in [4.78, 5) is 5.06. The molecule has 0 amide bonds. The Morgan fingerprint density at radius 2 is 2.00 bits per heavy atom. The van der Waals surface area contributed by atoms with E-state index in [1.807, 2.05) is 0 Å². The van der Waals surface area contributed by atoms with Gasteiger partial charge in [0.2, 0.25) is 0 Å². The summed E-state index contributed by atoms with van der Waals surface area (Å²) in [5, 5.41) is 3.38. The molecule has 0 bridgehead atoms. The van der Waals surface area contributed by atoms with E-state index in [0.29, 0.717) is 5.41 Å². The molecule has 3 heteroatoms. The van der Waals surface area contributed by atoms with Crippen molar-refractivity contribution in [1.29, 1.82) is 0 Å². The van der Waals surface area contributed by atoms with Crippen LogP contribution in [0.1, 0.15) is 33.6 Å². The van der Waals surface area contributed by atoms with Crippen LogP contribution in [0.15, 0.2) is 0 Å². The number of nitrogens with zero attached hydrogens (tertiary/aromatic N) is 2. The van der Waals surface area contributed by atoms with Crippen molar-refractivity contribution in [2.24, 2.45) is 11.3 Å². The third kappa shape index (κ3) is 4.22. The monoisotopic (exact) mass is 255 g/mol. The van der Waals surface area contributed by atoms with Crippen LogP contribution >= 0.6 is 0 Å². The molecule has 1 N–H and O–H groups in total. The van der Waals surface area contributed by atoms with Gasteiger partial charge in [-0.15, -0.1) is 0 Å². The number of hydrogen-bond donors (Lipinski definition) is 1. The molecule has 3 atom stereocenters. The van der Waals surface area contributed by atoms with Gasteiger partial charge in [0.25, 0.3) is 0 Å². The molecule has 0 aliphatic carbocycles. The summed E-state index contributed by atoms with van der Waals surface area (Å²) in [6, 6.07) is 0.727. The van der Waals surface area contributed by atoms with Crippen molar-refractivity contribution in [3.05, 3.63) is 0 Å². The van der Waals surface area contributed by atoms with Gasteiger partial charge in [-0.05, 0) is 38.9 Å². The molecule has 1 saturated heterocycles. The lowest BCUT2D eigenvalue weighted by Gasteiger charge is -2.34. The highest BCUT2D eigenvalue weighted by Gasteiger charge is 2.34. The van der Waals surface area contributed by atoms with E-state index in [2.05, 4.69) is 57.0 Å². The van der Waals surface area contributed by atoms with E-state index >= 15 is 0 Å². The van der Waals surface area contributed by atoms with E-state index in [0.717, 1.165) is 18.5 Å². The molecule has 3 unspecified atom stereocenters. The average molecular weight is 255 g/mol. The quantitative estimate of drug-likeness (QED) is 0.749. The Hall–Kier alpha value is -0.120. The summed E-state index contributed by atoms with van der Waals surface area (Å²) in [7, 11) is 6.50. The lowest BCUT2D eigenvalue weighted by Crippen LogP contribution is -2.42. The molecule has 18 heavy (non-hydrogen) atoms. The summed E-state index contributed by atoms with van der Waals surface area (Å²) >= 11 is 0. The molecule has 0 aromatic heterocycles. The molecule has 1 aliphatic rings. The molecular formula is C15H33N3. The number of nitrogens with one attached hydrogen (secondary N) is 1. The maximum absolute atomic E-state index is 3.38. The van der Waals surface area contributed by atoms with Crippen molar-refractivity contribution in [3.63, 3.8) is 0 Å². The Labute approximate surface area is 114 Å². The van der Waals surface area contributed by atoms with Crippen molar-refractivity contribution in [2.75, 3.05) is 47.3 Å². The van der Waals surface area contributed by atoms with Crippen LogP contribution in [0.2, 0.25) is 0 Å². The molecule has 0 aromatic carbocycles. The van der Waals surface area contributed by atoms with E-state index < -0.39 is 0 Å². The van der Waals surface area contributed by atoms with Gasteiger partial charge in [0.1, 0.15) is 0 Å². The number of rotatable bonds is 7. The van der Waals surface area contributed by atoms with Crippen LogP contribution in [-0.2, 0) is 0 Å². The third-order valence-electron chi connectivity index (χ3n) is 4.37. The topological polar surface area (TPSA) is 18.5 Å². The maximum Gasteiger partial charge on any atom is 0.0254 e. The highest BCUT2D eigenvalue weighted by Crippen LogP contribution is 2.28. The summed E-state index contributed by atoms with van der Waals surface area (Å²) in [5.41, 5.74) is 0.421. The average Bonchev–Trinajstić information content (AvgIpc) is 2.59. The fourth-order valence-corrected chi connectivity index (χ4v) is 3.64. The first kappa shape index (κ1) is 15.9. The van der Waals surface area contributed by atoms with Gasteiger partial charge < -0.3 is 15.1 Å². The van der Waals surface area contributed by atoms with Crippen molar-refractivity contribution in [1.82, 2.24) is 15.1 Å². The molecule has 3 nitrogen and oxygen atoms in total. The largest absolute Gasteiger partial charge is 0.319 e. The normalized spacial score (nSPS) is 28.8. The zero-order chi connectivity index (χ0) is 13.8. The van der Waals surface area contributed by atoms with Crippen molar-refractivity contribution in [2.45, 2.75) is 39.7 Å². The first-order valence-corrected chi connectivity index (χ1v) is 7.45. The minimum absolute atomic E-state index is 0.421. The van der Waals surface area contributed by atoms with Gasteiger partial charge >= 0.3 is 0 Å². The first-order valence-electron chi connectivity index (χ1n) is 7.45. The van der Waals surface area contributed by atoms with E-state index in [1.54, 1.807) is 0 Å². The zero-order valence-electron chi connectivity index (χ0n) is 13.3. The second-order valence-electron chi connectivity index (χ2n) is 6.79. The second-order valence-corrected chi connectivity index (χ2v) is 6.79. The van der Waals surface area contributed by atoms with Crippen molar-refractivity contribution >= 4 is 0 Å². The van der Waals surface area contributed by atoms with Crippen LogP contribution in [0.4, 0.5) is 0 Å². The van der Waals surface area contributed by atoms with Gasteiger partial charge in [-0.25, -0.2) is 0 Å². The van der Waals surface area contributed by atoms with Crippen LogP contribution < -0.4 is 5.32 Å². The highest BCUT2D eigenvalue weighted by molar-refractivity contribution is 4.90. The summed E-state index contributed by atoms with van der Waals surface area (Å²) in [5.74, 6) is 0.792. The molecule has 108 valence electrons. The van der Waals surface area contributed by atoms with E-state index in [1.165, 1.54) is 32.5 Å². The fraction of sp³-hybridized carbons (Fsp3) is 1.00. The Balaban J connectivity index is 2.56. The van der Waals surface area contributed by atoms with Crippen molar-refractivity contribution in [3.8, 4) is 0 Å². The smallest absolute Gasteiger partial charge is 0.0254 e. The first-order chi connectivity index (χ1) is 8.41. The summed E-state index contributed by atoms with van der Waals surface area (Å²) in [6.45, 7) is 12.0. The second kappa shape index (κ2) is 6.88. The lowest BCUT2D eigenvalue weighted by atomic mass is 9.85. The van der Waals surface area contributed by atoms with Gasteiger partial charge in [0, 0.05) is 32.2 Å². The fourth-order valence-electron chi connectivity index (χ4n) is 3.64. The summed E-state index contributed by atoms with van der Waals surface area (Å²) in [6.07, 6.45) is 2.59. The SMILES string of the molecule is CCCC(C)(CNC)CN1CC(C)C(N(C)C)C1. The number of hydrogen-bond acceptors (Lipinski definition) is 3. The molecule has 1 rings (SSSR count). The summed E-state index contributed by atoms with van der Waals surface area (Å²) < 4.78 is 0. The molecule has 1 fully saturated rings. The molecule has 0 spiro atoms. The Bertz CT molecular complexity index is 234. The minimum Gasteiger partial charge on any atom is -0.319 e. The van der Waals surface area contributed by atoms with Crippen LogP contribution in [0.5, 0.6) is 0 Å². The molecular weight excluding hydrogens is 222 g/mol. The Morgan fingerprint density at radius 3 is 2.44 bits per heavy atom. The van der Waals surface area contributed by atoms with Gasteiger partial charge in [-0.2, -0.15) is 0 Å². The van der Waals surface area contributed by atoms with Crippen LogP contribution in [-0.4, -0.2) is 63.2 Å². The molecule has 1 aliphatic heterocycles. The van der Waals surface area contributed by atoms with E-state index in [9.17, 15) is 0 Å². The predicted molar refractivity (Wildman–Crippen MR) is 80.0 cm³/mol. The van der Waals surface area contributed by atoms with Crippen LogP contribution in [0, 0.1) is 11.3 Å². The Kier molecular flexibility index (Phi) is 6.09.